The van der Waals surface area contributed by atoms with Gasteiger partial charge in [0, 0.05) is 16.8 Å². The van der Waals surface area contributed by atoms with Gasteiger partial charge in [0.05, 0.1) is 11.6 Å². The lowest BCUT2D eigenvalue weighted by Gasteiger charge is -2.25. The van der Waals surface area contributed by atoms with Crippen molar-refractivity contribution in [3.63, 3.8) is 0 Å². The quantitative estimate of drug-likeness (QED) is 0.791. The van der Waals surface area contributed by atoms with Gasteiger partial charge in [-0.1, -0.05) is 41.4 Å². The molecule has 0 amide bonds. The Morgan fingerprint density at radius 3 is 2.76 bits per heavy atom. The van der Waals surface area contributed by atoms with Crippen molar-refractivity contribution in [1.29, 1.82) is 0 Å². The van der Waals surface area contributed by atoms with Crippen molar-refractivity contribution in [2.24, 2.45) is 4.99 Å². The molecular formula is C16H13Cl2NO2. The summed E-state index contributed by atoms with van der Waals surface area (Å²) in [5.41, 5.74) is 0.832. The Kier molecular flexibility index (Phi) is 4.32. The molecule has 1 aliphatic heterocycles. The fraction of sp³-hybridized carbons (Fsp3) is 0.188. The molecule has 0 saturated heterocycles. The van der Waals surface area contributed by atoms with E-state index in [1.165, 1.54) is 0 Å². The van der Waals surface area contributed by atoms with Crippen molar-refractivity contribution in [2.45, 2.75) is 6.10 Å². The second-order valence-corrected chi connectivity index (χ2v) is 5.50. The normalized spacial score (nSPS) is 17.1. The van der Waals surface area contributed by atoms with Crippen LogP contribution in [0.5, 0.6) is 11.5 Å². The summed E-state index contributed by atoms with van der Waals surface area (Å²) in [6, 6.07) is 12.9. The van der Waals surface area contributed by atoms with Crippen molar-refractivity contribution < 1.29 is 9.47 Å². The maximum Gasteiger partial charge on any atom is 0.161 e. The second kappa shape index (κ2) is 6.37. The minimum Gasteiger partial charge on any atom is -0.486 e. The van der Waals surface area contributed by atoms with E-state index in [4.69, 9.17) is 32.7 Å². The van der Waals surface area contributed by atoms with E-state index in [9.17, 15) is 0 Å². The molecule has 108 valence electrons. The van der Waals surface area contributed by atoms with Gasteiger partial charge in [-0.05, 0) is 24.3 Å². The van der Waals surface area contributed by atoms with Crippen molar-refractivity contribution >= 4 is 29.4 Å². The van der Waals surface area contributed by atoms with Gasteiger partial charge in [-0.3, -0.25) is 4.99 Å². The maximum atomic E-state index is 6.09. The molecule has 1 heterocycles. The number of nitrogens with zero attached hydrogens (tertiary/aromatic N) is 1. The lowest BCUT2D eigenvalue weighted by Crippen LogP contribution is -2.31. The molecule has 1 unspecified atom stereocenters. The highest BCUT2D eigenvalue weighted by Gasteiger charge is 2.19. The molecule has 0 N–H and O–H groups in total. The van der Waals surface area contributed by atoms with Gasteiger partial charge >= 0.3 is 0 Å². The number of fused-ring (bicyclic) bond motifs is 1. The Morgan fingerprint density at radius 2 is 1.95 bits per heavy atom. The van der Waals surface area contributed by atoms with E-state index in [2.05, 4.69) is 4.99 Å². The Hall–Kier alpha value is -1.71. The Bertz CT molecular complexity index is 673. The van der Waals surface area contributed by atoms with E-state index >= 15 is 0 Å². The van der Waals surface area contributed by atoms with E-state index < -0.39 is 0 Å². The van der Waals surface area contributed by atoms with Gasteiger partial charge in [0.2, 0.25) is 0 Å². The number of hydrogen-bond donors (Lipinski definition) is 0. The molecule has 0 spiro atoms. The Balaban J connectivity index is 1.62. The van der Waals surface area contributed by atoms with Crippen LogP contribution in [0.25, 0.3) is 0 Å². The van der Waals surface area contributed by atoms with Crippen LogP contribution in [-0.4, -0.2) is 25.5 Å². The van der Waals surface area contributed by atoms with Crippen molar-refractivity contribution in [2.75, 3.05) is 13.2 Å². The molecule has 0 bridgehead atoms. The largest absolute Gasteiger partial charge is 0.486 e. The molecule has 21 heavy (non-hydrogen) atoms. The number of para-hydroxylation sites is 2. The standard InChI is InChI=1S/C16H13Cl2NO2/c17-12-6-5-11(14(18)7-12)8-19-9-13-10-20-15-3-1-2-4-16(15)21-13/h1-8,13H,9-10H2. The van der Waals surface area contributed by atoms with Crippen LogP contribution in [0.15, 0.2) is 47.5 Å². The number of halogens is 2. The molecule has 5 heteroatoms. The van der Waals surface area contributed by atoms with Crippen LogP contribution in [0.1, 0.15) is 5.56 Å². The number of benzene rings is 2. The van der Waals surface area contributed by atoms with Crippen molar-refractivity contribution in [1.82, 2.24) is 0 Å². The first-order valence-electron chi connectivity index (χ1n) is 6.56. The smallest absolute Gasteiger partial charge is 0.161 e. The van der Waals surface area contributed by atoms with Crippen LogP contribution in [-0.2, 0) is 0 Å². The van der Waals surface area contributed by atoms with Gasteiger partial charge in [0.1, 0.15) is 6.61 Å². The predicted octanol–water partition coefficient (Wildman–Crippen LogP) is 4.25. The summed E-state index contributed by atoms with van der Waals surface area (Å²) in [7, 11) is 0. The minimum atomic E-state index is -0.0952. The Labute approximate surface area is 133 Å². The van der Waals surface area contributed by atoms with Gasteiger partial charge in [-0.2, -0.15) is 0 Å². The zero-order valence-corrected chi connectivity index (χ0v) is 12.6. The molecule has 3 rings (SSSR count). The lowest BCUT2D eigenvalue weighted by molar-refractivity contribution is 0.0973. The predicted molar refractivity (Wildman–Crippen MR) is 85.3 cm³/mol. The lowest BCUT2D eigenvalue weighted by atomic mass is 10.2. The van der Waals surface area contributed by atoms with Crippen LogP contribution >= 0.6 is 23.2 Å². The molecule has 3 nitrogen and oxygen atoms in total. The molecule has 1 atom stereocenters. The van der Waals surface area contributed by atoms with Crippen LogP contribution in [0.4, 0.5) is 0 Å². The summed E-state index contributed by atoms with van der Waals surface area (Å²) >= 11 is 11.9. The first-order valence-corrected chi connectivity index (χ1v) is 7.31. The van der Waals surface area contributed by atoms with Gasteiger partial charge in [0.15, 0.2) is 17.6 Å². The van der Waals surface area contributed by atoms with Crippen molar-refractivity contribution in [3.8, 4) is 11.5 Å². The molecule has 0 saturated carbocycles. The van der Waals surface area contributed by atoms with Gasteiger partial charge in [0.25, 0.3) is 0 Å². The first kappa shape index (κ1) is 14.2. The first-order chi connectivity index (χ1) is 10.2. The molecular weight excluding hydrogens is 309 g/mol. The van der Waals surface area contributed by atoms with Crippen LogP contribution in [0.3, 0.4) is 0 Å². The summed E-state index contributed by atoms with van der Waals surface area (Å²) in [6.45, 7) is 0.996. The third-order valence-corrected chi connectivity index (χ3v) is 3.63. The van der Waals surface area contributed by atoms with E-state index in [0.29, 0.717) is 23.2 Å². The van der Waals surface area contributed by atoms with E-state index in [0.717, 1.165) is 17.1 Å². The molecule has 0 aliphatic carbocycles. The SMILES string of the molecule is Clc1ccc(C=NCC2COc3ccccc3O2)c(Cl)c1. The Morgan fingerprint density at radius 1 is 1.14 bits per heavy atom. The highest BCUT2D eigenvalue weighted by atomic mass is 35.5. The van der Waals surface area contributed by atoms with Gasteiger partial charge < -0.3 is 9.47 Å². The number of ether oxygens (including phenoxy) is 2. The molecule has 0 aromatic heterocycles. The van der Waals surface area contributed by atoms with Gasteiger partial charge in [-0.15, -0.1) is 0 Å². The molecule has 1 aliphatic rings. The topological polar surface area (TPSA) is 30.8 Å². The fourth-order valence-electron chi connectivity index (χ4n) is 2.03. The average Bonchev–Trinajstić information content (AvgIpc) is 2.49. The second-order valence-electron chi connectivity index (χ2n) is 4.66. The third-order valence-electron chi connectivity index (χ3n) is 3.07. The van der Waals surface area contributed by atoms with Gasteiger partial charge in [-0.25, -0.2) is 0 Å². The highest BCUT2D eigenvalue weighted by molar-refractivity contribution is 6.36. The van der Waals surface area contributed by atoms with E-state index in [1.807, 2.05) is 30.3 Å². The van der Waals surface area contributed by atoms with Crippen molar-refractivity contribution in [3.05, 3.63) is 58.1 Å². The number of rotatable bonds is 3. The zero-order valence-electron chi connectivity index (χ0n) is 11.1. The van der Waals surface area contributed by atoms with Crippen LogP contribution < -0.4 is 9.47 Å². The maximum absolute atomic E-state index is 6.09. The fourth-order valence-corrected chi connectivity index (χ4v) is 2.49. The number of aliphatic imine (C=N–C) groups is 1. The van der Waals surface area contributed by atoms with Crippen LogP contribution in [0, 0.1) is 0 Å². The van der Waals surface area contributed by atoms with Crippen LogP contribution in [0.2, 0.25) is 10.0 Å². The molecule has 0 fully saturated rings. The third kappa shape index (κ3) is 3.49. The molecule has 0 radical (unpaired) electrons. The summed E-state index contributed by atoms with van der Waals surface area (Å²) in [5, 5.41) is 1.19. The monoisotopic (exact) mass is 321 g/mol. The van der Waals surface area contributed by atoms with E-state index in [1.54, 1.807) is 18.3 Å². The summed E-state index contributed by atoms with van der Waals surface area (Å²) < 4.78 is 11.5. The summed E-state index contributed by atoms with van der Waals surface area (Å²) in [6.07, 6.45) is 1.63. The number of hydrogen-bond acceptors (Lipinski definition) is 3. The highest BCUT2D eigenvalue weighted by Crippen LogP contribution is 2.30. The molecule has 2 aromatic rings. The molecule has 2 aromatic carbocycles. The minimum absolute atomic E-state index is 0.0952. The summed E-state index contributed by atoms with van der Waals surface area (Å²) in [4.78, 5) is 4.37. The van der Waals surface area contributed by atoms with E-state index in [-0.39, 0.29) is 6.10 Å². The zero-order chi connectivity index (χ0) is 14.7. The summed E-state index contributed by atoms with van der Waals surface area (Å²) in [5.74, 6) is 1.53. The average molecular weight is 322 g/mol.